The highest BCUT2D eigenvalue weighted by Gasteiger charge is 2.35. The third-order valence-corrected chi connectivity index (χ3v) is 4.55. The number of rotatable bonds is 1. The first-order valence-corrected chi connectivity index (χ1v) is 8.05. The number of nitrogens with one attached hydrogen (secondary N) is 1. The monoisotopic (exact) mass is 293 g/mol. The molecule has 3 nitrogen and oxygen atoms in total. The Morgan fingerprint density at radius 1 is 1.10 bits per heavy atom. The highest BCUT2D eigenvalue weighted by Crippen LogP contribution is 2.30. The molecule has 1 saturated carbocycles. The van der Waals surface area contributed by atoms with Crippen molar-refractivity contribution in [3.63, 3.8) is 0 Å². The molecule has 1 aliphatic carbocycles. The molecule has 1 heterocycles. The number of hydrogen-bond donors (Lipinski definition) is 3. The number of thiol groups is 1. The van der Waals surface area contributed by atoms with Crippen molar-refractivity contribution in [2.24, 2.45) is 5.73 Å². The molecule has 1 saturated heterocycles. The first-order chi connectivity index (χ1) is 9.60. The SMILES string of the molecule is Cc1ccc(S)cc1.NC1(N2CCNCC2)CCCC1. The average Bonchev–Trinajstić information content (AvgIpc) is 2.92. The first-order valence-electron chi connectivity index (χ1n) is 7.60. The molecular formula is C16H27N3S. The largest absolute Gasteiger partial charge is 0.314 e. The molecular weight excluding hydrogens is 266 g/mol. The summed E-state index contributed by atoms with van der Waals surface area (Å²) in [4.78, 5) is 3.49. The Kier molecular flexibility index (Phi) is 5.90. The summed E-state index contributed by atoms with van der Waals surface area (Å²) in [5.41, 5.74) is 7.67. The van der Waals surface area contributed by atoms with Crippen molar-refractivity contribution in [3.05, 3.63) is 29.8 Å². The Labute approximate surface area is 128 Å². The lowest BCUT2D eigenvalue weighted by Crippen LogP contribution is -2.59. The van der Waals surface area contributed by atoms with Gasteiger partial charge in [0.2, 0.25) is 0 Å². The van der Waals surface area contributed by atoms with Crippen LogP contribution in [0.3, 0.4) is 0 Å². The van der Waals surface area contributed by atoms with E-state index < -0.39 is 0 Å². The summed E-state index contributed by atoms with van der Waals surface area (Å²) in [6.45, 7) is 6.55. The highest BCUT2D eigenvalue weighted by molar-refractivity contribution is 7.80. The van der Waals surface area contributed by atoms with Crippen LogP contribution >= 0.6 is 12.6 Å². The highest BCUT2D eigenvalue weighted by atomic mass is 32.1. The second-order valence-electron chi connectivity index (χ2n) is 5.88. The molecule has 2 aliphatic rings. The lowest BCUT2D eigenvalue weighted by molar-refractivity contribution is 0.0832. The van der Waals surface area contributed by atoms with Crippen molar-refractivity contribution >= 4 is 12.6 Å². The number of nitrogens with zero attached hydrogens (tertiary/aromatic N) is 1. The summed E-state index contributed by atoms with van der Waals surface area (Å²) in [5, 5.41) is 3.36. The van der Waals surface area contributed by atoms with E-state index in [2.05, 4.69) is 29.8 Å². The van der Waals surface area contributed by atoms with Gasteiger partial charge in [-0.25, -0.2) is 0 Å². The second-order valence-corrected chi connectivity index (χ2v) is 6.40. The average molecular weight is 293 g/mol. The predicted molar refractivity (Wildman–Crippen MR) is 88.3 cm³/mol. The van der Waals surface area contributed by atoms with E-state index >= 15 is 0 Å². The van der Waals surface area contributed by atoms with Crippen molar-refractivity contribution in [2.45, 2.75) is 43.2 Å². The normalized spacial score (nSPS) is 22.1. The van der Waals surface area contributed by atoms with Gasteiger partial charge in [-0.3, -0.25) is 4.90 Å². The molecule has 0 amide bonds. The maximum Gasteiger partial charge on any atom is 0.0688 e. The van der Waals surface area contributed by atoms with E-state index in [4.69, 9.17) is 5.73 Å². The second kappa shape index (κ2) is 7.46. The van der Waals surface area contributed by atoms with Gasteiger partial charge >= 0.3 is 0 Å². The first kappa shape index (κ1) is 15.8. The van der Waals surface area contributed by atoms with Crippen LogP contribution in [-0.2, 0) is 0 Å². The summed E-state index contributed by atoms with van der Waals surface area (Å²) in [7, 11) is 0. The molecule has 3 rings (SSSR count). The Morgan fingerprint density at radius 3 is 2.15 bits per heavy atom. The van der Waals surface area contributed by atoms with E-state index in [0.29, 0.717) is 0 Å². The summed E-state index contributed by atoms with van der Waals surface area (Å²) in [5.74, 6) is 0. The van der Waals surface area contributed by atoms with Gasteiger partial charge < -0.3 is 11.1 Å². The minimum atomic E-state index is 0.0576. The molecule has 1 aromatic carbocycles. The van der Waals surface area contributed by atoms with Gasteiger partial charge in [0.15, 0.2) is 0 Å². The zero-order chi connectivity index (χ0) is 14.4. The Morgan fingerprint density at radius 2 is 1.65 bits per heavy atom. The van der Waals surface area contributed by atoms with Crippen LogP contribution in [0.2, 0.25) is 0 Å². The van der Waals surface area contributed by atoms with E-state index in [9.17, 15) is 0 Å². The van der Waals surface area contributed by atoms with Crippen LogP contribution in [-0.4, -0.2) is 36.7 Å². The maximum absolute atomic E-state index is 6.33. The zero-order valence-corrected chi connectivity index (χ0v) is 13.3. The van der Waals surface area contributed by atoms with Gasteiger partial charge in [-0.15, -0.1) is 12.6 Å². The van der Waals surface area contributed by atoms with E-state index in [-0.39, 0.29) is 5.66 Å². The van der Waals surface area contributed by atoms with Crippen LogP contribution in [0.15, 0.2) is 29.2 Å². The number of hydrogen-bond acceptors (Lipinski definition) is 4. The number of piperazine rings is 1. The van der Waals surface area contributed by atoms with Crippen molar-refractivity contribution < 1.29 is 0 Å². The van der Waals surface area contributed by atoms with Gasteiger partial charge in [-0.2, -0.15) is 0 Å². The molecule has 2 fully saturated rings. The third-order valence-electron chi connectivity index (χ3n) is 4.25. The lowest BCUT2D eigenvalue weighted by Gasteiger charge is -2.40. The molecule has 1 aromatic rings. The molecule has 0 atom stereocenters. The van der Waals surface area contributed by atoms with Crippen LogP contribution in [0, 0.1) is 6.92 Å². The van der Waals surface area contributed by atoms with Gasteiger partial charge in [-0.1, -0.05) is 30.5 Å². The third kappa shape index (κ3) is 4.48. The number of benzene rings is 1. The minimum Gasteiger partial charge on any atom is -0.314 e. The van der Waals surface area contributed by atoms with E-state index in [0.717, 1.165) is 31.1 Å². The number of aryl methyl sites for hydroxylation is 1. The van der Waals surface area contributed by atoms with Gasteiger partial charge in [0.05, 0.1) is 5.66 Å². The fourth-order valence-corrected chi connectivity index (χ4v) is 3.11. The molecule has 20 heavy (non-hydrogen) atoms. The molecule has 3 N–H and O–H groups in total. The Bertz CT molecular complexity index is 372. The molecule has 4 heteroatoms. The van der Waals surface area contributed by atoms with Gasteiger partial charge in [0, 0.05) is 31.1 Å². The Hall–Kier alpha value is -0.550. The van der Waals surface area contributed by atoms with Crippen LogP contribution in [0.1, 0.15) is 31.2 Å². The van der Waals surface area contributed by atoms with Crippen molar-refractivity contribution in [1.29, 1.82) is 0 Å². The predicted octanol–water partition coefficient (Wildman–Crippen LogP) is 2.40. The van der Waals surface area contributed by atoms with E-state index in [1.54, 1.807) is 0 Å². The van der Waals surface area contributed by atoms with E-state index in [1.165, 1.54) is 31.2 Å². The van der Waals surface area contributed by atoms with Crippen LogP contribution in [0.5, 0.6) is 0 Å². The smallest absolute Gasteiger partial charge is 0.0688 e. The van der Waals surface area contributed by atoms with Gasteiger partial charge in [0.25, 0.3) is 0 Å². The van der Waals surface area contributed by atoms with Crippen molar-refractivity contribution in [1.82, 2.24) is 10.2 Å². The van der Waals surface area contributed by atoms with Gasteiger partial charge in [-0.05, 0) is 31.9 Å². The quantitative estimate of drug-likeness (QED) is 0.697. The van der Waals surface area contributed by atoms with Crippen LogP contribution in [0.4, 0.5) is 0 Å². The standard InChI is InChI=1S/C9H19N3.C7H8S/c10-9(3-1-2-4-9)12-7-5-11-6-8-12;1-6-2-4-7(8)5-3-6/h11H,1-8,10H2;2-5,8H,1H3. The summed E-state index contributed by atoms with van der Waals surface area (Å²) < 4.78 is 0. The fraction of sp³-hybridized carbons (Fsp3) is 0.625. The molecule has 0 radical (unpaired) electrons. The van der Waals surface area contributed by atoms with Crippen molar-refractivity contribution in [2.75, 3.05) is 26.2 Å². The van der Waals surface area contributed by atoms with Crippen LogP contribution in [0.25, 0.3) is 0 Å². The van der Waals surface area contributed by atoms with Crippen LogP contribution < -0.4 is 11.1 Å². The fourth-order valence-electron chi connectivity index (χ4n) is 2.96. The maximum atomic E-state index is 6.33. The molecule has 0 unspecified atom stereocenters. The molecule has 0 spiro atoms. The zero-order valence-electron chi connectivity index (χ0n) is 12.4. The topological polar surface area (TPSA) is 41.3 Å². The molecule has 112 valence electrons. The minimum absolute atomic E-state index is 0.0576. The number of nitrogens with two attached hydrogens (primary N) is 1. The van der Waals surface area contributed by atoms with Crippen molar-refractivity contribution in [3.8, 4) is 0 Å². The molecule has 0 bridgehead atoms. The summed E-state index contributed by atoms with van der Waals surface area (Å²) in [6, 6.07) is 8.06. The summed E-state index contributed by atoms with van der Waals surface area (Å²) >= 11 is 4.13. The summed E-state index contributed by atoms with van der Waals surface area (Å²) in [6.07, 6.45) is 5.04. The molecule has 0 aromatic heterocycles. The van der Waals surface area contributed by atoms with E-state index in [1.807, 2.05) is 24.3 Å². The molecule has 1 aliphatic heterocycles. The Balaban J connectivity index is 0.000000160. The lowest BCUT2D eigenvalue weighted by atomic mass is 10.1. The van der Waals surface area contributed by atoms with Gasteiger partial charge in [0.1, 0.15) is 0 Å².